The van der Waals surface area contributed by atoms with E-state index in [1.54, 1.807) is 31.4 Å². The maximum atomic E-state index is 13.1. The van der Waals surface area contributed by atoms with E-state index in [2.05, 4.69) is 35.0 Å². The Bertz CT molecular complexity index is 1240. The Morgan fingerprint density at radius 3 is 2.50 bits per heavy atom. The molecule has 3 aromatic rings. The molecule has 0 aromatic heterocycles. The third-order valence-electron chi connectivity index (χ3n) is 6.55. The van der Waals surface area contributed by atoms with Crippen molar-refractivity contribution in [3.8, 4) is 22.6 Å². The number of rotatable bonds is 8. The number of ether oxygens (including phenoxy) is 1. The Hall–Kier alpha value is -3.61. The van der Waals surface area contributed by atoms with Gasteiger partial charge in [0.05, 0.1) is 7.11 Å². The average molecular weight is 486 g/mol. The topological polar surface area (TPSA) is 56.3 Å². The van der Waals surface area contributed by atoms with Crippen molar-refractivity contribution in [2.45, 2.75) is 6.54 Å². The molecule has 3 aromatic carbocycles. The minimum absolute atomic E-state index is 0.0953. The first-order valence-corrected chi connectivity index (χ1v) is 12.3. The van der Waals surface area contributed by atoms with Gasteiger partial charge in [0.15, 0.2) is 5.78 Å². The Kier molecular flexibility index (Phi) is 8.08. The number of carbonyl (C=O) groups excluding carboxylic acids is 1. The molecule has 6 nitrogen and oxygen atoms in total. The van der Waals surface area contributed by atoms with Crippen LogP contribution in [0.1, 0.15) is 21.5 Å². The van der Waals surface area contributed by atoms with Crippen LogP contribution in [0.4, 0.5) is 5.69 Å². The third kappa shape index (κ3) is 5.96. The van der Waals surface area contributed by atoms with Crippen LogP contribution in [-0.2, 0) is 6.54 Å². The van der Waals surface area contributed by atoms with Crippen molar-refractivity contribution in [2.24, 2.45) is 0 Å². The van der Waals surface area contributed by atoms with Crippen molar-refractivity contribution >= 4 is 17.5 Å². The zero-order chi connectivity index (χ0) is 25.7. The molecule has 6 heteroatoms. The van der Waals surface area contributed by atoms with Crippen molar-refractivity contribution in [1.29, 1.82) is 0 Å². The summed E-state index contributed by atoms with van der Waals surface area (Å²) in [5.41, 5.74) is 5.44. The molecule has 0 unspecified atom stereocenters. The number of hydrogen-bond acceptors (Lipinski definition) is 6. The number of nitrogens with zero attached hydrogens (tertiary/aromatic N) is 3. The predicted octanol–water partition coefficient (Wildman–Crippen LogP) is 4.78. The van der Waals surface area contributed by atoms with E-state index in [0.717, 1.165) is 59.9 Å². The number of hydrogen-bond donors (Lipinski definition) is 1. The maximum Gasteiger partial charge on any atom is 0.185 e. The fourth-order valence-electron chi connectivity index (χ4n) is 4.54. The van der Waals surface area contributed by atoms with Gasteiger partial charge in [-0.15, -0.1) is 0 Å². The summed E-state index contributed by atoms with van der Waals surface area (Å²) in [5.74, 6) is 0.918. The summed E-state index contributed by atoms with van der Waals surface area (Å²) in [6, 6.07) is 19.4. The molecule has 0 amide bonds. The van der Waals surface area contributed by atoms with Crippen LogP contribution in [0.5, 0.6) is 11.5 Å². The minimum atomic E-state index is -0.0953. The molecule has 0 bridgehead atoms. The second kappa shape index (κ2) is 11.4. The lowest BCUT2D eigenvalue weighted by atomic mass is 9.99. The van der Waals surface area contributed by atoms with Gasteiger partial charge >= 0.3 is 0 Å². The molecule has 0 aliphatic carbocycles. The van der Waals surface area contributed by atoms with Crippen molar-refractivity contribution in [3.63, 3.8) is 0 Å². The van der Waals surface area contributed by atoms with Gasteiger partial charge in [-0.1, -0.05) is 24.3 Å². The first-order valence-electron chi connectivity index (χ1n) is 12.3. The number of phenolic OH excluding ortho intramolecular Hbond substituents is 1. The van der Waals surface area contributed by atoms with Gasteiger partial charge in [-0.05, 0) is 80.8 Å². The van der Waals surface area contributed by atoms with Gasteiger partial charge in [0.1, 0.15) is 11.5 Å². The normalized spacial score (nSPS) is 14.5. The number of allylic oxidation sites excluding steroid dienone is 1. The SMILES string of the molecule is COc1ccccc1-c1ccc(N2CCN(C)CC2)c(C=CC(=O)c2ccc(O)c(CN(C)C)c2)c1. The molecule has 4 rings (SSSR count). The molecule has 188 valence electrons. The molecule has 0 saturated carbocycles. The highest BCUT2D eigenvalue weighted by atomic mass is 16.5. The largest absolute Gasteiger partial charge is 0.508 e. The van der Waals surface area contributed by atoms with Gasteiger partial charge in [0.25, 0.3) is 0 Å². The Labute approximate surface area is 214 Å². The summed E-state index contributed by atoms with van der Waals surface area (Å²) in [7, 11) is 7.69. The molecule has 1 saturated heterocycles. The highest BCUT2D eigenvalue weighted by molar-refractivity contribution is 6.07. The number of aromatic hydroxyl groups is 1. The fourth-order valence-corrected chi connectivity index (χ4v) is 4.54. The molecule has 0 atom stereocenters. The minimum Gasteiger partial charge on any atom is -0.508 e. The van der Waals surface area contributed by atoms with Gasteiger partial charge in [0.2, 0.25) is 0 Å². The van der Waals surface area contributed by atoms with Crippen LogP contribution in [0.25, 0.3) is 17.2 Å². The Balaban J connectivity index is 1.69. The first kappa shape index (κ1) is 25.5. The molecule has 1 N–H and O–H groups in total. The van der Waals surface area contributed by atoms with E-state index in [0.29, 0.717) is 12.1 Å². The quantitative estimate of drug-likeness (QED) is 0.366. The number of para-hydroxylation sites is 1. The fraction of sp³-hybridized carbons (Fsp3) is 0.300. The van der Waals surface area contributed by atoms with Gasteiger partial charge in [-0.3, -0.25) is 4.79 Å². The number of likely N-dealkylation sites (N-methyl/N-ethyl adjacent to an activating group) is 1. The summed E-state index contributed by atoms with van der Waals surface area (Å²) in [4.78, 5) is 19.8. The summed E-state index contributed by atoms with van der Waals surface area (Å²) in [5, 5.41) is 10.2. The Morgan fingerprint density at radius 1 is 1.03 bits per heavy atom. The number of ketones is 1. The van der Waals surface area contributed by atoms with Gasteiger partial charge in [0, 0.05) is 55.1 Å². The maximum absolute atomic E-state index is 13.1. The van der Waals surface area contributed by atoms with Gasteiger partial charge < -0.3 is 24.5 Å². The second-order valence-electron chi connectivity index (χ2n) is 9.54. The monoisotopic (exact) mass is 485 g/mol. The molecular weight excluding hydrogens is 450 g/mol. The van der Waals surface area contributed by atoms with E-state index in [4.69, 9.17) is 4.74 Å². The molecule has 1 aliphatic heterocycles. The average Bonchev–Trinajstić information content (AvgIpc) is 2.88. The van der Waals surface area contributed by atoms with Crippen LogP contribution < -0.4 is 9.64 Å². The third-order valence-corrected chi connectivity index (χ3v) is 6.55. The van der Waals surface area contributed by atoms with Crippen LogP contribution >= 0.6 is 0 Å². The van der Waals surface area contributed by atoms with E-state index in [1.807, 2.05) is 49.3 Å². The van der Waals surface area contributed by atoms with Crippen LogP contribution in [-0.4, -0.2) is 75.1 Å². The smallest absolute Gasteiger partial charge is 0.185 e. The number of phenols is 1. The Morgan fingerprint density at radius 2 is 1.78 bits per heavy atom. The van der Waals surface area contributed by atoms with E-state index in [9.17, 15) is 9.90 Å². The van der Waals surface area contributed by atoms with Crippen molar-refractivity contribution < 1.29 is 14.6 Å². The molecular formula is C30H35N3O3. The first-order chi connectivity index (χ1) is 17.4. The van der Waals surface area contributed by atoms with Crippen LogP contribution in [0.2, 0.25) is 0 Å². The summed E-state index contributed by atoms with van der Waals surface area (Å²) in [6.07, 6.45) is 3.54. The molecule has 1 fully saturated rings. The van der Waals surface area contributed by atoms with E-state index >= 15 is 0 Å². The summed E-state index contributed by atoms with van der Waals surface area (Å²) < 4.78 is 5.59. The summed E-state index contributed by atoms with van der Waals surface area (Å²) in [6.45, 7) is 4.43. The summed E-state index contributed by atoms with van der Waals surface area (Å²) >= 11 is 0. The molecule has 0 spiro atoms. The lowest BCUT2D eigenvalue weighted by molar-refractivity contribution is 0.104. The highest BCUT2D eigenvalue weighted by Gasteiger charge is 2.18. The van der Waals surface area contributed by atoms with E-state index in [1.165, 1.54) is 0 Å². The van der Waals surface area contributed by atoms with Crippen molar-refractivity contribution in [1.82, 2.24) is 9.80 Å². The zero-order valence-corrected chi connectivity index (χ0v) is 21.6. The highest BCUT2D eigenvalue weighted by Crippen LogP contribution is 2.34. The molecule has 1 heterocycles. The van der Waals surface area contributed by atoms with E-state index < -0.39 is 0 Å². The zero-order valence-electron chi connectivity index (χ0n) is 21.6. The van der Waals surface area contributed by atoms with Gasteiger partial charge in [-0.25, -0.2) is 0 Å². The van der Waals surface area contributed by atoms with E-state index in [-0.39, 0.29) is 11.5 Å². The van der Waals surface area contributed by atoms with Crippen LogP contribution in [0.15, 0.2) is 66.7 Å². The number of carbonyl (C=O) groups is 1. The number of piperazine rings is 1. The predicted molar refractivity (Wildman–Crippen MR) is 147 cm³/mol. The second-order valence-corrected chi connectivity index (χ2v) is 9.54. The van der Waals surface area contributed by atoms with Crippen LogP contribution in [0.3, 0.4) is 0 Å². The molecule has 36 heavy (non-hydrogen) atoms. The molecule has 1 aliphatic rings. The van der Waals surface area contributed by atoms with Crippen LogP contribution in [0, 0.1) is 0 Å². The number of benzene rings is 3. The standard InChI is InChI=1S/C30H35N3O3/c1-31(2)21-25-20-24(11-14-29(25)35)28(34)13-10-23-19-22(26-7-5-6-8-30(26)36-4)9-12-27(23)33-17-15-32(3)16-18-33/h5-14,19-20,35H,15-18,21H2,1-4H3. The lowest BCUT2D eigenvalue weighted by Gasteiger charge is -2.35. The number of anilines is 1. The van der Waals surface area contributed by atoms with Crippen molar-refractivity contribution in [2.75, 3.05) is 59.3 Å². The lowest BCUT2D eigenvalue weighted by Crippen LogP contribution is -2.44. The molecule has 0 radical (unpaired) electrons. The van der Waals surface area contributed by atoms with Crippen molar-refractivity contribution in [3.05, 3.63) is 83.4 Å². The van der Waals surface area contributed by atoms with Gasteiger partial charge in [-0.2, -0.15) is 0 Å². The number of methoxy groups -OCH3 is 1.